The molecular formula is C7H9BN2O. The molecule has 0 atom stereocenters. The predicted molar refractivity (Wildman–Crippen MR) is 46.1 cm³/mol. The quantitative estimate of drug-likeness (QED) is 0.384. The van der Waals surface area contributed by atoms with Crippen molar-refractivity contribution in [1.29, 1.82) is 5.41 Å². The lowest BCUT2D eigenvalue weighted by Gasteiger charge is -1.98. The molecule has 1 rings (SSSR count). The number of benzene rings is 1. The van der Waals surface area contributed by atoms with Crippen LogP contribution < -0.4 is 11.1 Å². The highest BCUT2D eigenvalue weighted by atomic mass is 16.2. The standard InChI is InChI=1S/C7H9BN2O/c9-5-6-1-3-7(4-2-6)8(10)11/h1-5,9,11H,10H2. The second-order valence-corrected chi connectivity index (χ2v) is 2.26. The Morgan fingerprint density at radius 2 is 1.91 bits per heavy atom. The summed E-state index contributed by atoms with van der Waals surface area (Å²) in [4.78, 5) is 0. The zero-order valence-electron chi connectivity index (χ0n) is 5.99. The van der Waals surface area contributed by atoms with E-state index in [0.717, 1.165) is 5.56 Å². The summed E-state index contributed by atoms with van der Waals surface area (Å²) in [6.07, 6.45) is 1.24. The molecular weight excluding hydrogens is 139 g/mol. The average Bonchev–Trinajstić information content (AvgIpc) is 2.05. The third-order valence-corrected chi connectivity index (χ3v) is 1.44. The Labute approximate surface area is 65.5 Å². The van der Waals surface area contributed by atoms with Gasteiger partial charge in [-0.1, -0.05) is 24.3 Å². The van der Waals surface area contributed by atoms with Crippen LogP contribution in [0, 0.1) is 5.41 Å². The van der Waals surface area contributed by atoms with Crippen LogP contribution in [0.2, 0.25) is 0 Å². The average molecular weight is 148 g/mol. The van der Waals surface area contributed by atoms with Crippen molar-refractivity contribution in [3.05, 3.63) is 29.8 Å². The van der Waals surface area contributed by atoms with E-state index in [2.05, 4.69) is 0 Å². The fourth-order valence-corrected chi connectivity index (χ4v) is 0.789. The molecule has 3 nitrogen and oxygen atoms in total. The summed E-state index contributed by atoms with van der Waals surface area (Å²) >= 11 is 0. The van der Waals surface area contributed by atoms with E-state index in [0.29, 0.717) is 5.46 Å². The molecule has 0 aliphatic heterocycles. The van der Waals surface area contributed by atoms with E-state index in [1.54, 1.807) is 24.3 Å². The number of hydrogen-bond acceptors (Lipinski definition) is 3. The van der Waals surface area contributed by atoms with Gasteiger partial charge < -0.3 is 16.1 Å². The predicted octanol–water partition coefficient (Wildman–Crippen LogP) is -0.670. The van der Waals surface area contributed by atoms with E-state index in [4.69, 9.17) is 16.1 Å². The van der Waals surface area contributed by atoms with Gasteiger partial charge in [-0.25, -0.2) is 0 Å². The number of hydrogen-bond donors (Lipinski definition) is 3. The van der Waals surface area contributed by atoms with Crippen molar-refractivity contribution >= 4 is 18.7 Å². The van der Waals surface area contributed by atoms with Crippen molar-refractivity contribution in [3.8, 4) is 0 Å². The molecule has 1 aromatic carbocycles. The molecule has 0 fully saturated rings. The zero-order chi connectivity index (χ0) is 8.27. The minimum atomic E-state index is -0.921. The first-order valence-electron chi connectivity index (χ1n) is 3.28. The van der Waals surface area contributed by atoms with Crippen molar-refractivity contribution in [2.75, 3.05) is 0 Å². The minimum Gasteiger partial charge on any atom is -0.434 e. The fraction of sp³-hybridized carbons (Fsp3) is 0. The molecule has 0 amide bonds. The van der Waals surface area contributed by atoms with Crippen LogP contribution in [0.3, 0.4) is 0 Å². The van der Waals surface area contributed by atoms with Gasteiger partial charge in [0, 0.05) is 6.21 Å². The zero-order valence-corrected chi connectivity index (χ0v) is 5.99. The van der Waals surface area contributed by atoms with E-state index >= 15 is 0 Å². The van der Waals surface area contributed by atoms with Gasteiger partial charge in [0.05, 0.1) is 0 Å². The van der Waals surface area contributed by atoms with Crippen LogP contribution in [0.5, 0.6) is 0 Å². The first-order chi connectivity index (χ1) is 5.24. The highest BCUT2D eigenvalue weighted by Crippen LogP contribution is 1.91. The Morgan fingerprint density at radius 1 is 1.36 bits per heavy atom. The van der Waals surface area contributed by atoms with Crippen LogP contribution in [-0.2, 0) is 0 Å². The summed E-state index contributed by atoms with van der Waals surface area (Å²) in [5, 5.41) is 15.8. The van der Waals surface area contributed by atoms with Crippen LogP contribution in [0.25, 0.3) is 0 Å². The van der Waals surface area contributed by atoms with Gasteiger partial charge in [-0.2, -0.15) is 0 Å². The third kappa shape index (κ3) is 1.90. The smallest absolute Gasteiger partial charge is 0.410 e. The van der Waals surface area contributed by atoms with Crippen molar-refractivity contribution in [3.63, 3.8) is 0 Å². The Hall–Kier alpha value is -1.13. The second kappa shape index (κ2) is 3.32. The molecule has 0 aliphatic rings. The highest BCUT2D eigenvalue weighted by Gasteiger charge is 2.05. The lowest BCUT2D eigenvalue weighted by atomic mass is 9.76. The topological polar surface area (TPSA) is 70.1 Å². The van der Waals surface area contributed by atoms with Crippen molar-refractivity contribution < 1.29 is 5.02 Å². The molecule has 56 valence electrons. The van der Waals surface area contributed by atoms with E-state index in [-0.39, 0.29) is 0 Å². The van der Waals surface area contributed by atoms with Crippen molar-refractivity contribution in [2.45, 2.75) is 0 Å². The molecule has 0 saturated carbocycles. The van der Waals surface area contributed by atoms with Crippen LogP contribution in [0.15, 0.2) is 24.3 Å². The van der Waals surface area contributed by atoms with Crippen molar-refractivity contribution in [2.24, 2.45) is 5.64 Å². The maximum absolute atomic E-state index is 8.91. The molecule has 4 N–H and O–H groups in total. The lowest BCUT2D eigenvalue weighted by molar-refractivity contribution is 0.588. The molecule has 0 aliphatic carbocycles. The molecule has 0 spiro atoms. The Morgan fingerprint density at radius 3 is 2.27 bits per heavy atom. The van der Waals surface area contributed by atoms with Crippen LogP contribution in [0.4, 0.5) is 0 Å². The molecule has 4 heteroatoms. The van der Waals surface area contributed by atoms with E-state index in [1.807, 2.05) is 0 Å². The van der Waals surface area contributed by atoms with Crippen LogP contribution in [-0.4, -0.2) is 18.3 Å². The molecule has 0 unspecified atom stereocenters. The Bertz CT molecular complexity index is 245. The van der Waals surface area contributed by atoms with Gasteiger partial charge >= 0.3 is 7.05 Å². The van der Waals surface area contributed by atoms with Crippen molar-refractivity contribution in [1.82, 2.24) is 0 Å². The SMILES string of the molecule is N=Cc1ccc(B(N)O)cc1. The summed E-state index contributed by atoms with van der Waals surface area (Å²) in [5.74, 6) is 0. The summed E-state index contributed by atoms with van der Waals surface area (Å²) in [6, 6.07) is 6.87. The van der Waals surface area contributed by atoms with Gasteiger partial charge in [-0.05, 0) is 11.0 Å². The molecule has 0 heterocycles. The minimum absolute atomic E-state index is 0.663. The van der Waals surface area contributed by atoms with Gasteiger partial charge in [0.1, 0.15) is 0 Å². The highest BCUT2D eigenvalue weighted by molar-refractivity contribution is 6.62. The summed E-state index contributed by atoms with van der Waals surface area (Å²) in [6.45, 7) is 0. The number of nitrogens with two attached hydrogens (primary N) is 1. The monoisotopic (exact) mass is 148 g/mol. The molecule has 0 aromatic heterocycles. The van der Waals surface area contributed by atoms with E-state index in [1.165, 1.54) is 6.21 Å². The second-order valence-electron chi connectivity index (χ2n) is 2.26. The fourth-order valence-electron chi connectivity index (χ4n) is 0.789. The Kier molecular flexibility index (Phi) is 2.41. The van der Waals surface area contributed by atoms with Gasteiger partial charge in [-0.15, -0.1) is 0 Å². The molecule has 11 heavy (non-hydrogen) atoms. The van der Waals surface area contributed by atoms with Gasteiger partial charge in [0.25, 0.3) is 0 Å². The first-order valence-corrected chi connectivity index (χ1v) is 3.28. The first kappa shape index (κ1) is 7.98. The normalized spacial score (nSPS) is 9.27. The number of rotatable bonds is 2. The van der Waals surface area contributed by atoms with Gasteiger partial charge in [0.15, 0.2) is 0 Å². The lowest BCUT2D eigenvalue weighted by Crippen LogP contribution is -2.39. The maximum atomic E-state index is 8.91. The van der Waals surface area contributed by atoms with E-state index < -0.39 is 7.05 Å². The maximum Gasteiger partial charge on any atom is 0.410 e. The summed E-state index contributed by atoms with van der Waals surface area (Å²) in [5.41, 5.74) is 6.67. The Balaban J connectivity index is 2.91. The molecule has 0 radical (unpaired) electrons. The van der Waals surface area contributed by atoms with Gasteiger partial charge in [0.2, 0.25) is 0 Å². The molecule has 0 bridgehead atoms. The third-order valence-electron chi connectivity index (χ3n) is 1.44. The van der Waals surface area contributed by atoms with Crippen LogP contribution in [0.1, 0.15) is 5.56 Å². The summed E-state index contributed by atoms with van der Waals surface area (Å²) < 4.78 is 0. The van der Waals surface area contributed by atoms with Crippen LogP contribution >= 0.6 is 0 Å². The van der Waals surface area contributed by atoms with E-state index in [9.17, 15) is 0 Å². The molecule has 1 aromatic rings. The summed E-state index contributed by atoms with van der Waals surface area (Å²) in [7, 11) is -0.921. The number of nitrogens with one attached hydrogen (secondary N) is 1. The molecule has 0 saturated heterocycles. The van der Waals surface area contributed by atoms with Gasteiger partial charge in [-0.3, -0.25) is 0 Å². The largest absolute Gasteiger partial charge is 0.434 e.